The van der Waals surface area contributed by atoms with Gasteiger partial charge in [-0.05, 0) is 93.1 Å². The lowest BCUT2D eigenvalue weighted by Crippen LogP contribution is -1.98. The molecule has 0 aliphatic rings. The molecule has 0 atom stereocenters. The third-order valence-corrected chi connectivity index (χ3v) is 10.4. The zero-order chi connectivity index (χ0) is 42.8. The second-order valence-electron chi connectivity index (χ2n) is 13.5. The van der Waals surface area contributed by atoms with Gasteiger partial charge in [-0.3, -0.25) is 0 Å². The second kappa shape index (κ2) is 19.4. The van der Waals surface area contributed by atoms with Crippen molar-refractivity contribution < 1.29 is 37.9 Å². The second-order valence-corrected chi connectivity index (χ2v) is 13.5. The van der Waals surface area contributed by atoms with Gasteiger partial charge in [-0.1, -0.05) is 73.8 Å². The molecule has 6 aromatic carbocycles. The Labute approximate surface area is 353 Å². The van der Waals surface area contributed by atoms with Gasteiger partial charge in [0.05, 0.1) is 56.9 Å². The minimum atomic E-state index is 0.658. The fraction of sp³-hybridized carbons (Fsp3) is 0.154. The lowest BCUT2D eigenvalue weighted by molar-refractivity contribution is 0.393. The first kappa shape index (κ1) is 42.3. The van der Waals surface area contributed by atoms with Crippen LogP contribution >= 0.6 is 0 Å². The van der Waals surface area contributed by atoms with E-state index in [4.69, 9.17) is 37.9 Å². The van der Waals surface area contributed by atoms with E-state index < -0.39 is 0 Å². The van der Waals surface area contributed by atoms with Gasteiger partial charge in [-0.2, -0.15) is 0 Å². The molecule has 8 nitrogen and oxygen atoms in total. The Morgan fingerprint density at radius 3 is 0.833 bits per heavy atom. The Balaban J connectivity index is 1.49. The summed E-state index contributed by atoms with van der Waals surface area (Å²) in [6.07, 6.45) is 4.21. The molecule has 0 saturated heterocycles. The summed E-state index contributed by atoms with van der Waals surface area (Å²) in [5.41, 5.74) is 10.7. The first-order chi connectivity index (χ1) is 29.2. The largest absolute Gasteiger partial charge is 0.497 e. The van der Waals surface area contributed by atoms with Crippen molar-refractivity contribution in [1.29, 1.82) is 0 Å². The molecule has 0 aromatic heterocycles. The molecule has 0 aliphatic heterocycles. The quantitative estimate of drug-likeness (QED) is 0.0844. The van der Waals surface area contributed by atoms with Gasteiger partial charge in [0, 0.05) is 46.5 Å². The highest BCUT2D eigenvalue weighted by molar-refractivity contribution is 5.91. The summed E-state index contributed by atoms with van der Waals surface area (Å²) in [6, 6.07) is 39.7. The molecule has 0 N–H and O–H groups in total. The van der Waals surface area contributed by atoms with Crippen LogP contribution in [-0.2, 0) is 0 Å². The molecule has 0 amide bonds. The summed E-state index contributed by atoms with van der Waals surface area (Å²) in [4.78, 5) is 0. The number of benzene rings is 6. The third-order valence-electron chi connectivity index (χ3n) is 10.4. The number of ether oxygens (including phenoxy) is 8. The molecule has 0 spiro atoms. The first-order valence-electron chi connectivity index (χ1n) is 19.1. The van der Waals surface area contributed by atoms with Crippen molar-refractivity contribution >= 4 is 22.3 Å². The van der Waals surface area contributed by atoms with Crippen LogP contribution in [0.5, 0.6) is 46.0 Å². The van der Waals surface area contributed by atoms with Crippen molar-refractivity contribution in [2.75, 3.05) is 56.9 Å². The van der Waals surface area contributed by atoms with Crippen molar-refractivity contribution in [3.63, 3.8) is 0 Å². The van der Waals surface area contributed by atoms with Gasteiger partial charge >= 0.3 is 0 Å². The fourth-order valence-corrected chi connectivity index (χ4v) is 7.00. The molecule has 0 bridgehead atoms. The zero-order valence-electron chi connectivity index (χ0n) is 35.4. The van der Waals surface area contributed by atoms with Crippen LogP contribution in [0, 0.1) is 0 Å². The SMILES string of the molecule is C=C(c1ccc(/C(=C/C=C(/c2ccc(C(=C)c3ccc(OC)cc3OC)cc2)c2ccc(OC)cc2OC)c2ccc(OC)cc2OC)cc1)c1ccc(OC)cc1OC. The maximum absolute atomic E-state index is 5.96. The lowest BCUT2D eigenvalue weighted by Gasteiger charge is -2.17. The molecule has 0 heterocycles. The van der Waals surface area contributed by atoms with E-state index in [1.165, 1.54) is 0 Å². The van der Waals surface area contributed by atoms with Gasteiger partial charge in [0.2, 0.25) is 0 Å². The minimum absolute atomic E-state index is 0.658. The van der Waals surface area contributed by atoms with E-state index in [0.717, 1.165) is 66.8 Å². The average molecular weight is 803 g/mol. The Morgan fingerprint density at radius 1 is 0.317 bits per heavy atom. The molecule has 306 valence electrons. The van der Waals surface area contributed by atoms with Crippen LogP contribution in [0.15, 0.2) is 147 Å². The predicted molar refractivity (Wildman–Crippen MR) is 241 cm³/mol. The number of allylic oxidation sites excluding steroid dienone is 2. The van der Waals surface area contributed by atoms with Crippen LogP contribution in [0.25, 0.3) is 22.3 Å². The number of methoxy groups -OCH3 is 8. The molecular formula is C52H50O8. The summed E-state index contributed by atoms with van der Waals surface area (Å²) in [5, 5.41) is 0. The van der Waals surface area contributed by atoms with Crippen molar-refractivity contribution in [2.45, 2.75) is 0 Å². The zero-order valence-corrected chi connectivity index (χ0v) is 35.4. The van der Waals surface area contributed by atoms with Crippen molar-refractivity contribution in [3.05, 3.63) is 191 Å². The van der Waals surface area contributed by atoms with Crippen LogP contribution in [0.2, 0.25) is 0 Å². The Hall–Kier alpha value is -7.32. The number of rotatable bonds is 17. The summed E-state index contributed by atoms with van der Waals surface area (Å²) < 4.78 is 45.3. The van der Waals surface area contributed by atoms with Gasteiger partial charge in [-0.15, -0.1) is 0 Å². The summed E-state index contributed by atoms with van der Waals surface area (Å²) >= 11 is 0. The molecule has 0 unspecified atom stereocenters. The van der Waals surface area contributed by atoms with E-state index in [9.17, 15) is 0 Å². The lowest BCUT2D eigenvalue weighted by atomic mass is 9.90. The third kappa shape index (κ3) is 9.03. The summed E-state index contributed by atoms with van der Waals surface area (Å²) in [5.74, 6) is 5.45. The molecule has 0 fully saturated rings. The smallest absolute Gasteiger partial charge is 0.130 e. The Kier molecular flexibility index (Phi) is 13.7. The maximum atomic E-state index is 5.96. The van der Waals surface area contributed by atoms with Crippen LogP contribution in [-0.4, -0.2) is 56.9 Å². The Morgan fingerprint density at radius 2 is 0.567 bits per heavy atom. The van der Waals surface area contributed by atoms with E-state index in [1.54, 1.807) is 56.9 Å². The van der Waals surface area contributed by atoms with Crippen LogP contribution in [0.3, 0.4) is 0 Å². The van der Waals surface area contributed by atoms with E-state index in [0.29, 0.717) is 46.0 Å². The highest BCUT2D eigenvalue weighted by atomic mass is 16.5. The highest BCUT2D eigenvalue weighted by Gasteiger charge is 2.18. The monoisotopic (exact) mass is 802 g/mol. The molecule has 0 radical (unpaired) electrons. The predicted octanol–water partition coefficient (Wildman–Crippen LogP) is 11.4. The van der Waals surface area contributed by atoms with E-state index in [-0.39, 0.29) is 0 Å². The van der Waals surface area contributed by atoms with Gasteiger partial charge in [0.15, 0.2) is 0 Å². The maximum Gasteiger partial charge on any atom is 0.130 e. The number of hydrogen-bond acceptors (Lipinski definition) is 8. The number of hydrogen-bond donors (Lipinski definition) is 0. The van der Waals surface area contributed by atoms with Crippen molar-refractivity contribution in [2.24, 2.45) is 0 Å². The van der Waals surface area contributed by atoms with Crippen LogP contribution < -0.4 is 37.9 Å². The van der Waals surface area contributed by atoms with E-state index in [2.05, 4.69) is 73.8 Å². The highest BCUT2D eigenvalue weighted by Crippen LogP contribution is 2.40. The Bertz CT molecular complexity index is 2370. The average Bonchev–Trinajstić information content (AvgIpc) is 3.31. The fourth-order valence-electron chi connectivity index (χ4n) is 7.00. The van der Waals surface area contributed by atoms with Gasteiger partial charge < -0.3 is 37.9 Å². The van der Waals surface area contributed by atoms with Crippen LogP contribution in [0.1, 0.15) is 44.5 Å². The van der Waals surface area contributed by atoms with Crippen molar-refractivity contribution in [1.82, 2.24) is 0 Å². The summed E-state index contributed by atoms with van der Waals surface area (Å²) in [6.45, 7) is 8.85. The minimum Gasteiger partial charge on any atom is -0.497 e. The molecule has 8 heteroatoms. The molecule has 60 heavy (non-hydrogen) atoms. The topological polar surface area (TPSA) is 73.8 Å². The molecule has 0 saturated carbocycles. The molecule has 0 aliphatic carbocycles. The first-order valence-corrected chi connectivity index (χ1v) is 19.1. The van der Waals surface area contributed by atoms with E-state index in [1.807, 2.05) is 72.8 Å². The normalized spacial score (nSPS) is 11.3. The molecule has 6 aromatic rings. The van der Waals surface area contributed by atoms with Crippen LogP contribution in [0.4, 0.5) is 0 Å². The van der Waals surface area contributed by atoms with Gasteiger partial charge in [0.1, 0.15) is 46.0 Å². The standard InChI is InChI=1S/C52H50O8/c1-33(43-23-19-39(53-3)29-49(43)57-7)35-11-15-37(16-12-35)45(47-25-21-41(55-5)31-51(47)59-9)27-28-46(48-26-22-42(56-6)32-52(48)60-10)38-17-13-36(14-18-38)34(2)44-24-20-40(54-4)30-50(44)58-8/h11-32H,1-2H2,3-10H3/b45-27-,46-28-. The van der Waals surface area contributed by atoms with Gasteiger partial charge in [0.25, 0.3) is 0 Å². The van der Waals surface area contributed by atoms with E-state index >= 15 is 0 Å². The molecule has 6 rings (SSSR count). The summed E-state index contributed by atoms with van der Waals surface area (Å²) in [7, 11) is 13.1. The van der Waals surface area contributed by atoms with Gasteiger partial charge in [-0.25, -0.2) is 0 Å². The van der Waals surface area contributed by atoms with Crippen molar-refractivity contribution in [3.8, 4) is 46.0 Å². The molecular weight excluding hydrogens is 753 g/mol.